The predicted octanol–water partition coefficient (Wildman–Crippen LogP) is 6.35. The van der Waals surface area contributed by atoms with Crippen molar-refractivity contribution >= 4 is 48.5 Å². The zero-order valence-electron chi connectivity index (χ0n) is 21.4. The molecule has 8 rings (SSSR count). The summed E-state index contributed by atoms with van der Waals surface area (Å²) in [6.45, 7) is 0. The third-order valence-corrected chi connectivity index (χ3v) is 14.1. The molecule has 5 aromatic carbocycles. The molecule has 0 aliphatic carbocycles. The number of ether oxygens (including phenoxy) is 1. The Hall–Kier alpha value is -4.79. The summed E-state index contributed by atoms with van der Waals surface area (Å²) in [5, 5.41) is 2.44. The van der Waals surface area contributed by atoms with Crippen molar-refractivity contribution in [2.75, 3.05) is 0 Å². The number of hydrogen-bond donors (Lipinski definition) is 0. The fourth-order valence-corrected chi connectivity index (χ4v) is 12.2. The average molecular weight is 579 g/mol. The predicted molar refractivity (Wildman–Crippen MR) is 162 cm³/mol. The molecule has 0 spiro atoms. The molecule has 1 aliphatic heterocycles. The minimum atomic E-state index is -3.96. The van der Waals surface area contributed by atoms with Crippen LogP contribution in [-0.2, 0) is 3.74 Å². The number of rotatable bonds is 4. The standard InChI is InChI=1S/C35H23AsN2O2/c39-36(35-18-7-8-21-37-35)31-15-4-1-12-27(31)28-20-19-26(23-32(28)36)40-25-11-9-10-24(22-25)38-33-16-5-2-13-29(33)30-14-3-6-17-34(30)38/h1-23H. The summed E-state index contributed by atoms with van der Waals surface area (Å²) < 4.78 is 26.0. The van der Waals surface area contributed by atoms with Crippen molar-refractivity contribution in [1.82, 2.24) is 9.55 Å². The summed E-state index contributed by atoms with van der Waals surface area (Å²) in [4.78, 5) is 4.55. The number of fused-ring (bicyclic) bond motifs is 6. The van der Waals surface area contributed by atoms with Gasteiger partial charge in [-0.05, 0) is 0 Å². The van der Waals surface area contributed by atoms with Gasteiger partial charge in [0.05, 0.1) is 0 Å². The first-order chi connectivity index (χ1) is 19.7. The van der Waals surface area contributed by atoms with Crippen molar-refractivity contribution < 1.29 is 8.48 Å². The van der Waals surface area contributed by atoms with E-state index in [0.717, 1.165) is 42.3 Å². The Balaban J connectivity index is 1.23. The number of hydrogen-bond acceptors (Lipinski definition) is 3. The van der Waals surface area contributed by atoms with Crippen molar-refractivity contribution in [1.29, 1.82) is 0 Å². The molecule has 7 aromatic rings. The number of aromatic nitrogens is 2. The van der Waals surface area contributed by atoms with Gasteiger partial charge in [-0.2, -0.15) is 0 Å². The molecule has 0 saturated heterocycles. The van der Waals surface area contributed by atoms with Crippen LogP contribution in [0.25, 0.3) is 38.6 Å². The second-order valence-corrected chi connectivity index (χ2v) is 15.5. The molecular weight excluding hydrogens is 555 g/mol. The van der Waals surface area contributed by atoms with Crippen molar-refractivity contribution in [3.05, 3.63) is 140 Å². The van der Waals surface area contributed by atoms with Gasteiger partial charge in [-0.15, -0.1) is 0 Å². The van der Waals surface area contributed by atoms with E-state index in [1.165, 1.54) is 10.8 Å². The number of nitrogens with zero attached hydrogens (tertiary/aromatic N) is 2. The number of benzene rings is 5. The van der Waals surface area contributed by atoms with Crippen molar-refractivity contribution in [2.24, 2.45) is 0 Å². The van der Waals surface area contributed by atoms with Gasteiger partial charge in [0.15, 0.2) is 0 Å². The normalized spacial score (nSPS) is 15.7. The van der Waals surface area contributed by atoms with E-state index in [4.69, 9.17) is 4.74 Å². The van der Waals surface area contributed by atoms with Crippen LogP contribution in [0.1, 0.15) is 0 Å². The molecule has 3 heterocycles. The summed E-state index contributed by atoms with van der Waals surface area (Å²) in [5.74, 6) is 1.37. The van der Waals surface area contributed by atoms with Gasteiger partial charge in [-0.1, -0.05) is 0 Å². The van der Waals surface area contributed by atoms with Crippen LogP contribution in [0.5, 0.6) is 11.5 Å². The number of pyridine rings is 1. The van der Waals surface area contributed by atoms with Gasteiger partial charge >= 0.3 is 234 Å². The maximum atomic E-state index is 14.9. The fraction of sp³-hybridized carbons (Fsp3) is 0. The molecule has 5 heteroatoms. The van der Waals surface area contributed by atoms with Gasteiger partial charge in [0.25, 0.3) is 0 Å². The van der Waals surface area contributed by atoms with Gasteiger partial charge in [0.2, 0.25) is 0 Å². The van der Waals surface area contributed by atoms with Crippen LogP contribution in [0.4, 0.5) is 0 Å². The fourth-order valence-electron chi connectivity index (χ4n) is 5.98. The molecule has 0 radical (unpaired) electrons. The first-order valence-corrected chi connectivity index (χ1v) is 16.8. The Morgan fingerprint density at radius 2 is 1.25 bits per heavy atom. The minimum absolute atomic E-state index is 0.650. The van der Waals surface area contributed by atoms with Gasteiger partial charge < -0.3 is 0 Å². The van der Waals surface area contributed by atoms with Crippen molar-refractivity contribution in [3.63, 3.8) is 0 Å². The van der Waals surface area contributed by atoms with Gasteiger partial charge in [-0.25, -0.2) is 0 Å². The number of para-hydroxylation sites is 2. The van der Waals surface area contributed by atoms with Crippen LogP contribution < -0.4 is 17.9 Å². The van der Waals surface area contributed by atoms with E-state index < -0.39 is 13.5 Å². The molecule has 40 heavy (non-hydrogen) atoms. The van der Waals surface area contributed by atoms with Crippen LogP contribution in [0, 0.1) is 0 Å². The zero-order valence-corrected chi connectivity index (χ0v) is 23.3. The summed E-state index contributed by atoms with van der Waals surface area (Å²) in [5.41, 5.74) is 5.33. The van der Waals surface area contributed by atoms with E-state index in [2.05, 4.69) is 70.2 Å². The SMILES string of the molecule is O=[As]1(c2ccccn2)c2ccccc2-c2ccc(Oc3cccc(-n4c5ccccc5c5ccccc54)c3)cc21. The third kappa shape index (κ3) is 3.36. The first-order valence-electron chi connectivity index (χ1n) is 13.2. The zero-order chi connectivity index (χ0) is 26.7. The molecule has 1 unspecified atom stereocenters. The second-order valence-electron chi connectivity index (χ2n) is 9.96. The molecule has 0 N–H and O–H groups in total. The summed E-state index contributed by atoms with van der Waals surface area (Å²) in [7, 11) is 0. The first kappa shape index (κ1) is 23.1. The Labute approximate surface area is 233 Å². The quantitative estimate of drug-likeness (QED) is 0.229. The van der Waals surface area contributed by atoms with Crippen LogP contribution in [0.15, 0.2) is 140 Å². The topological polar surface area (TPSA) is 44.1 Å². The van der Waals surface area contributed by atoms with Gasteiger partial charge in [0, 0.05) is 0 Å². The van der Waals surface area contributed by atoms with E-state index in [0.29, 0.717) is 10.2 Å². The van der Waals surface area contributed by atoms with Crippen LogP contribution in [0.3, 0.4) is 0 Å². The molecule has 190 valence electrons. The van der Waals surface area contributed by atoms with Crippen LogP contribution in [-0.4, -0.2) is 23.0 Å². The van der Waals surface area contributed by atoms with Crippen molar-refractivity contribution in [2.45, 2.75) is 0 Å². The molecular formula is C35H23AsN2O2. The molecule has 0 saturated carbocycles. The van der Waals surface area contributed by atoms with E-state index in [1.807, 2.05) is 72.8 Å². The van der Waals surface area contributed by atoms with Crippen LogP contribution in [0.2, 0.25) is 0 Å². The molecule has 1 atom stereocenters. The summed E-state index contributed by atoms with van der Waals surface area (Å²) in [6, 6.07) is 44.7. The molecule has 0 amide bonds. The molecule has 2 aromatic heterocycles. The third-order valence-electron chi connectivity index (χ3n) is 7.71. The molecule has 4 nitrogen and oxygen atoms in total. The summed E-state index contributed by atoms with van der Waals surface area (Å²) >= 11 is -3.96. The van der Waals surface area contributed by atoms with E-state index in [9.17, 15) is 3.74 Å². The monoisotopic (exact) mass is 578 g/mol. The van der Waals surface area contributed by atoms with Gasteiger partial charge in [-0.3, -0.25) is 0 Å². The Morgan fingerprint density at radius 3 is 2.02 bits per heavy atom. The van der Waals surface area contributed by atoms with E-state index in [1.54, 1.807) is 6.20 Å². The van der Waals surface area contributed by atoms with E-state index in [-0.39, 0.29) is 0 Å². The van der Waals surface area contributed by atoms with Crippen LogP contribution >= 0.6 is 0 Å². The second kappa shape index (κ2) is 8.87. The molecule has 0 fully saturated rings. The molecule has 1 aliphatic rings. The summed E-state index contributed by atoms with van der Waals surface area (Å²) in [6.07, 6.45) is 1.72. The Kier molecular flexibility index (Phi) is 5.13. The van der Waals surface area contributed by atoms with Gasteiger partial charge in [0.1, 0.15) is 0 Å². The van der Waals surface area contributed by atoms with Crippen molar-refractivity contribution in [3.8, 4) is 28.3 Å². The molecule has 0 bridgehead atoms. The Morgan fingerprint density at radius 1 is 0.575 bits per heavy atom. The Bertz CT molecular complexity index is 2080. The van der Waals surface area contributed by atoms with E-state index >= 15 is 0 Å². The maximum absolute atomic E-state index is 14.9. The average Bonchev–Trinajstić information content (AvgIpc) is 3.48.